The van der Waals surface area contributed by atoms with Gasteiger partial charge < -0.3 is 10.5 Å². The maximum absolute atomic E-state index is 5.47. The number of hydrogen-bond acceptors (Lipinski definition) is 3. The van der Waals surface area contributed by atoms with Crippen molar-refractivity contribution >= 4 is 0 Å². The van der Waals surface area contributed by atoms with Gasteiger partial charge in [0, 0.05) is 18.2 Å². The van der Waals surface area contributed by atoms with Crippen LogP contribution in [0.1, 0.15) is 37.8 Å². The van der Waals surface area contributed by atoms with Gasteiger partial charge in [-0.1, -0.05) is 25.7 Å². The molecule has 1 aromatic rings. The lowest BCUT2D eigenvalue weighted by Gasteiger charge is -2.26. The molecule has 0 saturated carbocycles. The second kappa shape index (κ2) is 8.63. The van der Waals surface area contributed by atoms with Crippen LogP contribution in [0.2, 0.25) is 0 Å². The molecule has 0 heterocycles. The largest absolute Gasteiger partial charge is 0.497 e. The number of ether oxygens (including phenoxy) is 1. The van der Waals surface area contributed by atoms with Crippen LogP contribution in [0.25, 0.3) is 0 Å². The van der Waals surface area contributed by atoms with Gasteiger partial charge in [0.2, 0.25) is 0 Å². The van der Waals surface area contributed by atoms with Gasteiger partial charge in [0.25, 0.3) is 0 Å². The highest BCUT2D eigenvalue weighted by Crippen LogP contribution is 2.20. The fourth-order valence-corrected chi connectivity index (χ4v) is 2.41. The molecule has 0 unspecified atom stereocenters. The molecule has 0 aliphatic carbocycles. The zero-order valence-electron chi connectivity index (χ0n) is 13.1. The van der Waals surface area contributed by atoms with Crippen LogP contribution in [0.3, 0.4) is 0 Å². The predicted octanol–water partition coefficient (Wildman–Crippen LogP) is 2.63. The minimum Gasteiger partial charge on any atom is -0.497 e. The van der Waals surface area contributed by atoms with Crippen LogP contribution in [0.15, 0.2) is 18.2 Å². The topological polar surface area (TPSA) is 38.5 Å². The molecule has 0 aliphatic rings. The van der Waals surface area contributed by atoms with Crippen molar-refractivity contribution < 1.29 is 4.74 Å². The number of methoxy groups -OCH3 is 1. The van der Waals surface area contributed by atoms with Crippen LogP contribution in [-0.4, -0.2) is 31.6 Å². The van der Waals surface area contributed by atoms with Crippen molar-refractivity contribution in [2.45, 2.75) is 39.3 Å². The summed E-state index contributed by atoms with van der Waals surface area (Å²) in [4.78, 5) is 2.38. The predicted molar refractivity (Wildman–Crippen MR) is 84.8 cm³/mol. The highest BCUT2D eigenvalue weighted by Gasteiger charge is 2.13. The lowest BCUT2D eigenvalue weighted by Crippen LogP contribution is -2.30. The average molecular weight is 274 g/mol. The van der Waals surface area contributed by atoms with Crippen LogP contribution < -0.4 is 10.5 Å². The van der Waals surface area contributed by atoms with Crippen LogP contribution in [0.4, 0.5) is 0 Å². The molecule has 110 valence electrons. The smallest absolute Gasteiger partial charge is 0.119 e. The highest BCUT2D eigenvalue weighted by molar-refractivity contribution is 5.45. The molecular weight excluding hydrogens is 248 g/mol. The van der Waals surface area contributed by atoms with Gasteiger partial charge in [-0.15, -0.1) is 0 Å². The van der Waals surface area contributed by atoms with Gasteiger partial charge in [0.15, 0.2) is 0 Å². The lowest BCUT2D eigenvalue weighted by atomic mass is 10.0. The van der Waals surface area contributed by atoms with Crippen molar-refractivity contribution in [3.8, 4) is 17.6 Å². The van der Waals surface area contributed by atoms with E-state index in [9.17, 15) is 0 Å². The molecule has 20 heavy (non-hydrogen) atoms. The van der Waals surface area contributed by atoms with Gasteiger partial charge in [-0.3, -0.25) is 4.90 Å². The van der Waals surface area contributed by atoms with Crippen molar-refractivity contribution in [1.82, 2.24) is 4.90 Å². The third-order valence-corrected chi connectivity index (χ3v) is 3.62. The molecule has 0 saturated heterocycles. The Morgan fingerprint density at radius 2 is 2.00 bits per heavy atom. The van der Waals surface area contributed by atoms with Gasteiger partial charge in [0.1, 0.15) is 5.75 Å². The van der Waals surface area contributed by atoms with E-state index in [0.717, 1.165) is 30.7 Å². The van der Waals surface area contributed by atoms with Crippen molar-refractivity contribution in [2.75, 3.05) is 20.7 Å². The fraction of sp³-hybridized carbons (Fsp3) is 0.529. The summed E-state index contributed by atoms with van der Waals surface area (Å²) in [7, 11) is 3.85. The van der Waals surface area contributed by atoms with Crippen molar-refractivity contribution in [1.29, 1.82) is 0 Å². The standard InChI is InChI=1S/C17H26N2O/c1-5-16(6-2)19(3)13-15-12-17(20-4)10-9-14(15)8-7-11-18/h9-10,12,16H,5-6,11,13,18H2,1-4H3. The van der Waals surface area contributed by atoms with E-state index >= 15 is 0 Å². The number of nitrogens with zero attached hydrogens (tertiary/aromatic N) is 1. The Bertz CT molecular complexity index is 470. The van der Waals surface area contributed by atoms with Crippen molar-refractivity contribution in [3.63, 3.8) is 0 Å². The molecule has 1 rings (SSSR count). The van der Waals surface area contributed by atoms with E-state index in [2.05, 4.69) is 43.7 Å². The van der Waals surface area contributed by atoms with Gasteiger partial charge >= 0.3 is 0 Å². The van der Waals surface area contributed by atoms with E-state index in [1.807, 2.05) is 12.1 Å². The lowest BCUT2D eigenvalue weighted by molar-refractivity contribution is 0.221. The van der Waals surface area contributed by atoms with E-state index < -0.39 is 0 Å². The molecule has 0 bridgehead atoms. The molecule has 2 N–H and O–H groups in total. The summed E-state index contributed by atoms with van der Waals surface area (Å²) in [6, 6.07) is 6.62. The monoisotopic (exact) mass is 274 g/mol. The van der Waals surface area contributed by atoms with E-state index in [1.54, 1.807) is 7.11 Å². The fourth-order valence-electron chi connectivity index (χ4n) is 2.41. The molecule has 0 fully saturated rings. The molecule has 0 amide bonds. The SMILES string of the molecule is CCC(CC)N(C)Cc1cc(OC)ccc1C#CCN. The summed E-state index contributed by atoms with van der Waals surface area (Å²) in [5.74, 6) is 6.95. The maximum Gasteiger partial charge on any atom is 0.119 e. The molecule has 3 heteroatoms. The summed E-state index contributed by atoms with van der Waals surface area (Å²) >= 11 is 0. The van der Waals surface area contributed by atoms with Crippen LogP contribution in [0.5, 0.6) is 5.75 Å². The van der Waals surface area contributed by atoms with E-state index in [1.165, 1.54) is 5.56 Å². The normalized spacial score (nSPS) is 10.6. The number of nitrogens with two attached hydrogens (primary N) is 1. The summed E-state index contributed by atoms with van der Waals surface area (Å²) in [5, 5.41) is 0. The zero-order valence-corrected chi connectivity index (χ0v) is 13.1. The summed E-state index contributed by atoms with van der Waals surface area (Å²) in [6.07, 6.45) is 2.31. The molecule has 0 aromatic heterocycles. The average Bonchev–Trinajstić information content (AvgIpc) is 2.47. The van der Waals surface area contributed by atoms with Crippen LogP contribution in [-0.2, 0) is 6.54 Å². The van der Waals surface area contributed by atoms with Gasteiger partial charge in [-0.25, -0.2) is 0 Å². The minimum absolute atomic E-state index is 0.383. The Hall–Kier alpha value is -1.50. The first-order valence-corrected chi connectivity index (χ1v) is 7.22. The summed E-state index contributed by atoms with van der Waals surface area (Å²) in [6.45, 7) is 5.71. The zero-order chi connectivity index (χ0) is 15.0. The van der Waals surface area contributed by atoms with E-state index in [4.69, 9.17) is 10.5 Å². The Kier molecular flexibility index (Phi) is 7.14. The molecular formula is C17H26N2O. The van der Waals surface area contributed by atoms with E-state index in [-0.39, 0.29) is 0 Å². The van der Waals surface area contributed by atoms with Crippen LogP contribution in [0, 0.1) is 11.8 Å². The third kappa shape index (κ3) is 4.56. The number of rotatable bonds is 6. The molecule has 0 spiro atoms. The second-order valence-electron chi connectivity index (χ2n) is 4.91. The molecule has 0 aliphatic heterocycles. The molecule has 0 radical (unpaired) electrons. The first-order valence-electron chi connectivity index (χ1n) is 7.22. The van der Waals surface area contributed by atoms with E-state index in [0.29, 0.717) is 12.6 Å². The summed E-state index contributed by atoms with van der Waals surface area (Å²) < 4.78 is 5.32. The molecule has 1 aromatic carbocycles. The van der Waals surface area contributed by atoms with Gasteiger partial charge in [0.05, 0.1) is 13.7 Å². The Morgan fingerprint density at radius 1 is 1.30 bits per heavy atom. The highest BCUT2D eigenvalue weighted by atomic mass is 16.5. The first-order chi connectivity index (χ1) is 9.65. The number of hydrogen-bond donors (Lipinski definition) is 1. The minimum atomic E-state index is 0.383. The Labute approximate surface area is 123 Å². The molecule has 3 nitrogen and oxygen atoms in total. The van der Waals surface area contributed by atoms with Crippen LogP contribution >= 0.6 is 0 Å². The summed E-state index contributed by atoms with van der Waals surface area (Å²) in [5.41, 5.74) is 7.70. The second-order valence-corrected chi connectivity index (χ2v) is 4.91. The third-order valence-electron chi connectivity index (χ3n) is 3.62. The first kappa shape index (κ1) is 16.6. The van der Waals surface area contributed by atoms with Crippen molar-refractivity contribution in [3.05, 3.63) is 29.3 Å². The Balaban J connectivity index is 3.00. The number of benzene rings is 1. The maximum atomic E-state index is 5.47. The van der Waals surface area contributed by atoms with Gasteiger partial charge in [-0.2, -0.15) is 0 Å². The Morgan fingerprint density at radius 3 is 2.55 bits per heavy atom. The van der Waals surface area contributed by atoms with Crippen molar-refractivity contribution in [2.24, 2.45) is 5.73 Å². The molecule has 0 atom stereocenters. The quantitative estimate of drug-likeness (QED) is 0.810. The van der Waals surface area contributed by atoms with Gasteiger partial charge in [-0.05, 0) is 43.7 Å².